The van der Waals surface area contributed by atoms with Crippen LogP contribution in [0.3, 0.4) is 0 Å². The Hall–Kier alpha value is -2.70. The van der Waals surface area contributed by atoms with Gasteiger partial charge in [-0.2, -0.15) is 5.10 Å². The Balaban J connectivity index is 2.40. The van der Waals surface area contributed by atoms with Gasteiger partial charge in [0, 0.05) is 11.8 Å². The fourth-order valence-corrected chi connectivity index (χ4v) is 1.77. The van der Waals surface area contributed by atoms with Gasteiger partial charge in [0.05, 0.1) is 11.6 Å². The fourth-order valence-electron chi connectivity index (χ4n) is 1.77. The predicted octanol–water partition coefficient (Wildman–Crippen LogP) is 0.830. The number of aromatic nitrogens is 4. The molecule has 0 unspecified atom stereocenters. The first-order valence-electron chi connectivity index (χ1n) is 5.13. The molecular weight excluding hydrogens is 237 g/mol. The van der Waals surface area contributed by atoms with E-state index in [1.807, 2.05) is 0 Å². The van der Waals surface area contributed by atoms with Crippen LogP contribution >= 0.6 is 0 Å². The SMILES string of the molecule is Nc1cc(F)c2ncn(-c3ccn[nH]3)c(=O)c2c1. The first kappa shape index (κ1) is 10.5. The maximum Gasteiger partial charge on any atom is 0.267 e. The van der Waals surface area contributed by atoms with Gasteiger partial charge in [0.25, 0.3) is 5.56 Å². The van der Waals surface area contributed by atoms with Crippen LogP contribution in [0.4, 0.5) is 10.1 Å². The molecule has 6 nitrogen and oxygen atoms in total. The van der Waals surface area contributed by atoms with Gasteiger partial charge >= 0.3 is 0 Å². The molecule has 0 amide bonds. The van der Waals surface area contributed by atoms with Crippen molar-refractivity contribution in [3.05, 3.63) is 46.9 Å². The highest BCUT2D eigenvalue weighted by atomic mass is 19.1. The molecule has 1 aromatic carbocycles. The number of fused-ring (bicyclic) bond motifs is 1. The number of hydrogen-bond acceptors (Lipinski definition) is 4. The van der Waals surface area contributed by atoms with Gasteiger partial charge in [0.15, 0.2) is 5.82 Å². The number of aromatic amines is 1. The van der Waals surface area contributed by atoms with Crippen molar-refractivity contribution in [3.63, 3.8) is 0 Å². The molecule has 0 aliphatic rings. The van der Waals surface area contributed by atoms with Gasteiger partial charge in [-0.1, -0.05) is 0 Å². The summed E-state index contributed by atoms with van der Waals surface area (Å²) in [6, 6.07) is 4.15. The zero-order valence-electron chi connectivity index (χ0n) is 9.09. The lowest BCUT2D eigenvalue weighted by Crippen LogP contribution is -2.19. The van der Waals surface area contributed by atoms with E-state index in [4.69, 9.17) is 5.73 Å². The molecule has 3 aromatic rings. The number of rotatable bonds is 1. The summed E-state index contributed by atoms with van der Waals surface area (Å²) in [5.74, 6) is -0.156. The van der Waals surface area contributed by atoms with Gasteiger partial charge in [0.2, 0.25) is 0 Å². The van der Waals surface area contributed by atoms with Crippen LogP contribution in [0.2, 0.25) is 0 Å². The minimum Gasteiger partial charge on any atom is -0.399 e. The maximum absolute atomic E-state index is 13.6. The number of halogens is 1. The van der Waals surface area contributed by atoms with Crippen molar-refractivity contribution in [1.82, 2.24) is 19.7 Å². The normalized spacial score (nSPS) is 10.9. The van der Waals surface area contributed by atoms with Crippen molar-refractivity contribution in [2.45, 2.75) is 0 Å². The molecule has 0 fully saturated rings. The van der Waals surface area contributed by atoms with Crippen molar-refractivity contribution in [3.8, 4) is 5.82 Å². The highest BCUT2D eigenvalue weighted by Gasteiger charge is 2.10. The molecule has 0 spiro atoms. The quantitative estimate of drug-likeness (QED) is 0.621. The van der Waals surface area contributed by atoms with Crippen LogP contribution in [0, 0.1) is 5.82 Å². The van der Waals surface area contributed by atoms with Gasteiger partial charge in [-0.15, -0.1) is 0 Å². The molecule has 3 rings (SSSR count). The van der Waals surface area contributed by atoms with E-state index in [1.54, 1.807) is 6.07 Å². The second kappa shape index (κ2) is 3.66. The molecule has 0 aliphatic heterocycles. The molecule has 90 valence electrons. The van der Waals surface area contributed by atoms with Gasteiger partial charge < -0.3 is 5.73 Å². The van der Waals surface area contributed by atoms with Crippen LogP contribution in [0.5, 0.6) is 0 Å². The average molecular weight is 245 g/mol. The number of anilines is 1. The third-order valence-corrected chi connectivity index (χ3v) is 2.58. The Morgan fingerprint density at radius 3 is 2.94 bits per heavy atom. The summed E-state index contributed by atoms with van der Waals surface area (Å²) in [6.45, 7) is 0. The predicted molar refractivity (Wildman–Crippen MR) is 63.9 cm³/mol. The zero-order chi connectivity index (χ0) is 12.7. The largest absolute Gasteiger partial charge is 0.399 e. The summed E-state index contributed by atoms with van der Waals surface area (Å²) in [5.41, 5.74) is 5.31. The Morgan fingerprint density at radius 1 is 1.39 bits per heavy atom. The van der Waals surface area contributed by atoms with Crippen LogP contribution in [0.25, 0.3) is 16.7 Å². The summed E-state index contributed by atoms with van der Waals surface area (Å²) in [6.07, 6.45) is 2.75. The molecular formula is C11H8FN5O. The Kier molecular flexibility index (Phi) is 2.12. The number of nitrogens with two attached hydrogens (primary N) is 1. The molecule has 0 atom stereocenters. The maximum atomic E-state index is 13.6. The van der Waals surface area contributed by atoms with E-state index in [0.29, 0.717) is 5.82 Å². The van der Waals surface area contributed by atoms with Gasteiger partial charge in [-0.3, -0.25) is 14.5 Å². The topological polar surface area (TPSA) is 89.6 Å². The van der Waals surface area contributed by atoms with E-state index < -0.39 is 11.4 Å². The minimum atomic E-state index is -0.612. The lowest BCUT2D eigenvalue weighted by atomic mass is 10.2. The fraction of sp³-hybridized carbons (Fsp3) is 0. The lowest BCUT2D eigenvalue weighted by Gasteiger charge is -2.05. The molecule has 0 saturated carbocycles. The summed E-state index contributed by atoms with van der Waals surface area (Å²) < 4.78 is 14.8. The van der Waals surface area contributed by atoms with Crippen LogP contribution in [-0.4, -0.2) is 19.7 Å². The Morgan fingerprint density at radius 2 is 2.22 bits per heavy atom. The van der Waals surface area contributed by atoms with E-state index in [2.05, 4.69) is 15.2 Å². The van der Waals surface area contributed by atoms with E-state index in [1.165, 1.54) is 23.2 Å². The highest BCUT2D eigenvalue weighted by molar-refractivity contribution is 5.81. The Labute approximate surface area is 99.9 Å². The molecule has 0 aliphatic carbocycles. The molecule has 0 saturated heterocycles. The third kappa shape index (κ3) is 1.45. The summed E-state index contributed by atoms with van der Waals surface area (Å²) in [7, 11) is 0. The number of hydrogen-bond donors (Lipinski definition) is 2. The van der Waals surface area contributed by atoms with Crippen LogP contribution < -0.4 is 11.3 Å². The zero-order valence-corrected chi connectivity index (χ0v) is 9.09. The third-order valence-electron chi connectivity index (χ3n) is 2.58. The second-order valence-electron chi connectivity index (χ2n) is 3.76. The Bertz CT molecular complexity index is 778. The van der Waals surface area contributed by atoms with Crippen molar-refractivity contribution in [1.29, 1.82) is 0 Å². The van der Waals surface area contributed by atoms with Crippen LogP contribution in [-0.2, 0) is 0 Å². The summed E-state index contributed by atoms with van der Waals surface area (Å²) >= 11 is 0. The molecule has 2 aromatic heterocycles. The smallest absolute Gasteiger partial charge is 0.267 e. The second-order valence-corrected chi connectivity index (χ2v) is 3.76. The number of nitrogen functional groups attached to an aromatic ring is 1. The molecule has 0 radical (unpaired) electrons. The molecule has 2 heterocycles. The van der Waals surface area contributed by atoms with E-state index >= 15 is 0 Å². The lowest BCUT2D eigenvalue weighted by molar-refractivity contribution is 0.636. The van der Waals surface area contributed by atoms with Crippen molar-refractivity contribution in [2.75, 3.05) is 5.73 Å². The summed E-state index contributed by atoms with van der Waals surface area (Å²) in [4.78, 5) is 16.1. The van der Waals surface area contributed by atoms with Crippen LogP contribution in [0.1, 0.15) is 0 Å². The van der Waals surface area contributed by atoms with E-state index in [9.17, 15) is 9.18 Å². The number of nitrogens with zero attached hydrogens (tertiary/aromatic N) is 3. The number of nitrogens with one attached hydrogen (secondary N) is 1. The van der Waals surface area contributed by atoms with Crippen molar-refractivity contribution >= 4 is 16.6 Å². The first-order valence-corrected chi connectivity index (χ1v) is 5.13. The van der Waals surface area contributed by atoms with Crippen molar-refractivity contribution in [2.24, 2.45) is 0 Å². The number of H-pyrrole nitrogens is 1. The molecule has 7 heteroatoms. The van der Waals surface area contributed by atoms with Crippen molar-refractivity contribution < 1.29 is 4.39 Å². The highest BCUT2D eigenvalue weighted by Crippen LogP contribution is 2.16. The van der Waals surface area contributed by atoms with E-state index in [0.717, 1.165) is 6.07 Å². The van der Waals surface area contributed by atoms with Gasteiger partial charge in [-0.05, 0) is 12.1 Å². The minimum absolute atomic E-state index is 0.00460. The first-order chi connectivity index (χ1) is 8.66. The standard InChI is InChI=1S/C11H8FN5O/c12-8-4-6(13)3-7-10(8)14-5-17(11(7)18)9-1-2-15-16-9/h1-5H,13H2,(H,15,16). The van der Waals surface area contributed by atoms with E-state index in [-0.39, 0.29) is 16.6 Å². The van der Waals surface area contributed by atoms with Crippen LogP contribution in [0.15, 0.2) is 35.5 Å². The number of benzene rings is 1. The van der Waals surface area contributed by atoms with Gasteiger partial charge in [0.1, 0.15) is 17.7 Å². The molecule has 3 N–H and O–H groups in total. The monoisotopic (exact) mass is 245 g/mol. The average Bonchev–Trinajstić information content (AvgIpc) is 2.84. The summed E-state index contributed by atoms with van der Waals surface area (Å²) in [5, 5.41) is 6.51. The molecule has 18 heavy (non-hydrogen) atoms. The molecule has 0 bridgehead atoms. The van der Waals surface area contributed by atoms with Gasteiger partial charge in [-0.25, -0.2) is 9.37 Å².